The van der Waals surface area contributed by atoms with Gasteiger partial charge < -0.3 is 9.47 Å². The van der Waals surface area contributed by atoms with Gasteiger partial charge in [-0.25, -0.2) is 13.8 Å². The molecule has 6 nitrogen and oxygen atoms in total. The van der Waals surface area contributed by atoms with Gasteiger partial charge in [-0.1, -0.05) is 30.3 Å². The second kappa shape index (κ2) is 9.76. The lowest BCUT2D eigenvalue weighted by atomic mass is 9.80. The molecule has 3 aliphatic heterocycles. The molecule has 3 aliphatic rings. The number of likely N-dealkylation sites (tertiary alicyclic amines) is 1. The van der Waals surface area contributed by atoms with Crippen LogP contribution in [0.15, 0.2) is 53.6 Å². The predicted molar refractivity (Wildman–Crippen MR) is 128 cm³/mol. The number of rotatable bonds is 6. The van der Waals surface area contributed by atoms with E-state index in [0.717, 1.165) is 62.7 Å². The van der Waals surface area contributed by atoms with Gasteiger partial charge in [-0.05, 0) is 56.1 Å². The first-order chi connectivity index (χ1) is 16.9. The molecule has 8 heteroatoms. The monoisotopic (exact) mass is 483 g/mol. The van der Waals surface area contributed by atoms with Crippen molar-refractivity contribution in [2.45, 2.75) is 50.4 Å². The van der Waals surface area contributed by atoms with Crippen LogP contribution in [0.3, 0.4) is 0 Å². The highest BCUT2D eigenvalue weighted by Gasteiger charge is 2.47. The van der Waals surface area contributed by atoms with Crippen LogP contribution < -0.4 is 0 Å². The zero-order chi connectivity index (χ0) is 24.5. The van der Waals surface area contributed by atoms with Crippen molar-refractivity contribution in [3.63, 3.8) is 0 Å². The Morgan fingerprint density at radius 1 is 1.11 bits per heavy atom. The van der Waals surface area contributed by atoms with Crippen LogP contribution in [0.2, 0.25) is 0 Å². The predicted octanol–water partition coefficient (Wildman–Crippen LogP) is 4.44. The van der Waals surface area contributed by atoms with Crippen LogP contribution >= 0.6 is 0 Å². The Morgan fingerprint density at radius 3 is 2.63 bits per heavy atom. The zero-order valence-corrected chi connectivity index (χ0v) is 20.0. The van der Waals surface area contributed by atoms with Gasteiger partial charge in [0, 0.05) is 25.3 Å². The van der Waals surface area contributed by atoms with E-state index in [1.165, 1.54) is 11.9 Å². The summed E-state index contributed by atoms with van der Waals surface area (Å²) in [5, 5.41) is 6.03. The van der Waals surface area contributed by atoms with Crippen molar-refractivity contribution < 1.29 is 23.0 Å². The highest BCUT2D eigenvalue weighted by Crippen LogP contribution is 2.43. The van der Waals surface area contributed by atoms with Crippen molar-refractivity contribution >= 4 is 11.6 Å². The number of hydrogen-bond donors (Lipinski definition) is 0. The molecule has 3 heterocycles. The molecule has 35 heavy (non-hydrogen) atoms. The molecule has 0 radical (unpaired) electrons. The van der Waals surface area contributed by atoms with E-state index in [2.05, 4.69) is 10.0 Å². The Kier molecular flexibility index (Phi) is 6.70. The van der Waals surface area contributed by atoms with Crippen LogP contribution in [0, 0.1) is 11.6 Å². The van der Waals surface area contributed by atoms with E-state index in [9.17, 15) is 13.6 Å². The summed E-state index contributed by atoms with van der Waals surface area (Å²) in [4.78, 5) is 15.2. The number of hydrogen-bond acceptors (Lipinski definition) is 5. The number of amides is 1. The lowest BCUT2D eigenvalue weighted by Crippen LogP contribution is -2.49. The van der Waals surface area contributed by atoms with Gasteiger partial charge in [0.1, 0.15) is 11.6 Å². The Labute approximate surface area is 204 Å². The maximum atomic E-state index is 14.7. The minimum absolute atomic E-state index is 0.0996. The SMILES string of the molecule is CC(=O)N1N=C(c2cc(F)ccc2F)C[C@]1(CCCN1CCCC2(C1)OCCO2)c1ccccc1. The fourth-order valence-electron chi connectivity index (χ4n) is 5.74. The summed E-state index contributed by atoms with van der Waals surface area (Å²) in [5.41, 5.74) is 0.645. The Bertz CT molecular complexity index is 1100. The van der Waals surface area contributed by atoms with E-state index >= 15 is 0 Å². The van der Waals surface area contributed by atoms with E-state index in [1.807, 2.05) is 30.3 Å². The third kappa shape index (κ3) is 4.75. The Balaban J connectivity index is 1.40. The maximum Gasteiger partial charge on any atom is 0.240 e. The first-order valence-electron chi connectivity index (χ1n) is 12.3. The summed E-state index contributed by atoms with van der Waals surface area (Å²) < 4.78 is 40.5. The number of nitrogens with zero attached hydrogens (tertiary/aromatic N) is 3. The summed E-state index contributed by atoms with van der Waals surface area (Å²) in [7, 11) is 0. The van der Waals surface area contributed by atoms with E-state index in [0.29, 0.717) is 31.8 Å². The van der Waals surface area contributed by atoms with Crippen LogP contribution in [-0.4, -0.2) is 60.2 Å². The van der Waals surface area contributed by atoms with E-state index in [1.54, 1.807) is 0 Å². The number of ether oxygens (including phenoxy) is 2. The lowest BCUT2D eigenvalue weighted by Gasteiger charge is -2.40. The quantitative estimate of drug-likeness (QED) is 0.610. The fraction of sp³-hybridized carbons (Fsp3) is 0.481. The smallest absolute Gasteiger partial charge is 0.240 e. The summed E-state index contributed by atoms with van der Waals surface area (Å²) in [5.74, 6) is -1.80. The Morgan fingerprint density at radius 2 is 1.89 bits per heavy atom. The largest absolute Gasteiger partial charge is 0.346 e. The Hall–Kier alpha value is -2.68. The molecular formula is C27H31F2N3O3. The van der Waals surface area contributed by atoms with Crippen LogP contribution in [0.1, 0.15) is 50.2 Å². The normalized spacial score (nSPS) is 24.2. The molecule has 0 saturated carbocycles. The second-order valence-electron chi connectivity index (χ2n) is 9.67. The van der Waals surface area contributed by atoms with E-state index in [4.69, 9.17) is 9.47 Å². The minimum atomic E-state index is -0.769. The highest BCUT2D eigenvalue weighted by atomic mass is 19.1. The second-order valence-corrected chi connectivity index (χ2v) is 9.67. The first kappa shape index (κ1) is 24.0. The molecule has 0 aliphatic carbocycles. The van der Waals surface area contributed by atoms with Gasteiger partial charge in [-0.3, -0.25) is 9.69 Å². The van der Waals surface area contributed by atoms with Gasteiger partial charge >= 0.3 is 0 Å². The number of benzene rings is 2. The molecule has 5 rings (SSSR count). The van der Waals surface area contributed by atoms with Gasteiger partial charge in [-0.15, -0.1) is 0 Å². The third-order valence-electron chi connectivity index (χ3n) is 7.31. The van der Waals surface area contributed by atoms with Gasteiger partial charge in [0.25, 0.3) is 0 Å². The molecule has 0 unspecified atom stereocenters. The number of halogens is 2. The van der Waals surface area contributed by atoms with Gasteiger partial charge in [-0.2, -0.15) is 5.10 Å². The number of carbonyl (C=O) groups is 1. The van der Waals surface area contributed by atoms with Gasteiger partial charge in [0.2, 0.25) is 5.91 Å². The topological polar surface area (TPSA) is 54.4 Å². The van der Waals surface area contributed by atoms with Crippen LogP contribution in [0.5, 0.6) is 0 Å². The molecule has 2 saturated heterocycles. The number of carbonyl (C=O) groups excluding carboxylic acids is 1. The summed E-state index contributed by atoms with van der Waals surface area (Å²) in [6, 6.07) is 13.1. The van der Waals surface area contributed by atoms with Crippen LogP contribution in [0.25, 0.3) is 0 Å². The molecule has 0 bridgehead atoms. The molecular weight excluding hydrogens is 452 g/mol. The summed E-state index contributed by atoms with van der Waals surface area (Å²) in [6.45, 7) is 5.26. The lowest BCUT2D eigenvalue weighted by molar-refractivity contribution is -0.189. The van der Waals surface area contributed by atoms with E-state index < -0.39 is 23.0 Å². The molecule has 2 fully saturated rings. The molecule has 1 atom stereocenters. The van der Waals surface area contributed by atoms with Crippen molar-refractivity contribution in [2.24, 2.45) is 5.10 Å². The molecule has 2 aromatic rings. The summed E-state index contributed by atoms with van der Waals surface area (Å²) in [6.07, 6.45) is 3.66. The van der Waals surface area contributed by atoms with Crippen molar-refractivity contribution in [2.75, 3.05) is 32.8 Å². The third-order valence-corrected chi connectivity index (χ3v) is 7.31. The number of hydrazone groups is 1. The highest BCUT2D eigenvalue weighted by molar-refractivity contribution is 6.03. The molecule has 186 valence electrons. The fourth-order valence-corrected chi connectivity index (χ4v) is 5.74. The molecule has 2 aromatic carbocycles. The minimum Gasteiger partial charge on any atom is -0.346 e. The molecule has 0 N–H and O–H groups in total. The van der Waals surface area contributed by atoms with E-state index in [-0.39, 0.29) is 11.5 Å². The summed E-state index contributed by atoms with van der Waals surface area (Å²) >= 11 is 0. The maximum absolute atomic E-state index is 14.7. The standard InChI is InChI=1S/C27H31F2N3O3/c1-20(33)32-26(21-7-3-2-4-8-21,18-25(30-32)23-17-22(28)9-10-24(23)29)11-5-13-31-14-6-12-27(19-31)34-15-16-35-27/h2-4,7-10,17H,5-6,11-16,18-19H2,1H3/t26-/m1/s1. The van der Waals surface area contributed by atoms with Crippen LogP contribution in [-0.2, 0) is 19.8 Å². The molecule has 1 spiro atoms. The molecule has 0 aromatic heterocycles. The van der Waals surface area contributed by atoms with Crippen LogP contribution in [0.4, 0.5) is 8.78 Å². The first-order valence-corrected chi connectivity index (χ1v) is 12.3. The van der Waals surface area contributed by atoms with Crippen molar-refractivity contribution in [3.05, 3.63) is 71.3 Å². The van der Waals surface area contributed by atoms with Crippen molar-refractivity contribution in [1.82, 2.24) is 9.91 Å². The van der Waals surface area contributed by atoms with Gasteiger partial charge in [0.15, 0.2) is 5.79 Å². The van der Waals surface area contributed by atoms with Gasteiger partial charge in [0.05, 0.1) is 31.0 Å². The average molecular weight is 484 g/mol. The van der Waals surface area contributed by atoms with Crippen molar-refractivity contribution in [3.8, 4) is 0 Å². The van der Waals surface area contributed by atoms with Crippen molar-refractivity contribution in [1.29, 1.82) is 0 Å². The zero-order valence-electron chi connectivity index (χ0n) is 20.0. The average Bonchev–Trinajstić information content (AvgIpc) is 3.47. The number of piperidine rings is 1. The molecule has 1 amide bonds.